The van der Waals surface area contributed by atoms with Crippen molar-refractivity contribution in [1.29, 1.82) is 0 Å². The van der Waals surface area contributed by atoms with Gasteiger partial charge in [0.25, 0.3) is 5.91 Å². The minimum absolute atomic E-state index is 0.0735. The quantitative estimate of drug-likeness (QED) is 0.223. The van der Waals surface area contributed by atoms with E-state index in [0.717, 1.165) is 6.07 Å². The number of halogens is 2. The van der Waals surface area contributed by atoms with Gasteiger partial charge in [0.1, 0.15) is 0 Å². The van der Waals surface area contributed by atoms with Gasteiger partial charge >= 0.3 is 0 Å². The van der Waals surface area contributed by atoms with Gasteiger partial charge in [-0.15, -0.1) is 0 Å². The van der Waals surface area contributed by atoms with E-state index in [0.29, 0.717) is 40.5 Å². The van der Waals surface area contributed by atoms with Gasteiger partial charge in [-0.1, -0.05) is 30.3 Å². The van der Waals surface area contributed by atoms with E-state index in [4.69, 9.17) is 0 Å². The number of amides is 1. The SMILES string of the molecule is CS(=O)(=O)Cc1cccc(Nc2nccc(CNCn3c(NC(=O)c4cccc(F)c4F)nc4ccccc43)n2)c1. The van der Waals surface area contributed by atoms with Crippen molar-refractivity contribution in [1.82, 2.24) is 24.8 Å². The van der Waals surface area contributed by atoms with Crippen LogP contribution in [-0.4, -0.2) is 40.1 Å². The lowest BCUT2D eigenvalue weighted by Crippen LogP contribution is -2.23. The fourth-order valence-corrected chi connectivity index (χ4v) is 4.99. The van der Waals surface area contributed by atoms with Gasteiger partial charge in [-0.05, 0) is 48.0 Å². The molecule has 0 saturated carbocycles. The summed E-state index contributed by atoms with van der Waals surface area (Å²) in [6, 6.07) is 19.4. The van der Waals surface area contributed by atoms with Crippen molar-refractivity contribution in [3.63, 3.8) is 0 Å². The molecule has 0 fully saturated rings. The molecule has 41 heavy (non-hydrogen) atoms. The van der Waals surface area contributed by atoms with Crippen molar-refractivity contribution in [3.8, 4) is 0 Å². The molecule has 0 aliphatic heterocycles. The Morgan fingerprint density at radius 3 is 2.61 bits per heavy atom. The number of fused-ring (bicyclic) bond motifs is 1. The zero-order valence-electron chi connectivity index (χ0n) is 21.8. The van der Waals surface area contributed by atoms with Crippen molar-refractivity contribution in [2.45, 2.75) is 19.0 Å². The van der Waals surface area contributed by atoms with E-state index in [9.17, 15) is 22.0 Å². The molecule has 0 atom stereocenters. The molecule has 0 spiro atoms. The van der Waals surface area contributed by atoms with Crippen LogP contribution in [0.4, 0.5) is 26.4 Å². The lowest BCUT2D eigenvalue weighted by molar-refractivity contribution is 0.102. The Bertz CT molecular complexity index is 1840. The van der Waals surface area contributed by atoms with Crippen LogP contribution in [-0.2, 0) is 28.8 Å². The molecule has 5 rings (SSSR count). The van der Waals surface area contributed by atoms with Crippen molar-refractivity contribution >= 4 is 44.4 Å². The highest BCUT2D eigenvalue weighted by atomic mass is 32.2. The van der Waals surface area contributed by atoms with Crippen LogP contribution in [0.2, 0.25) is 0 Å². The van der Waals surface area contributed by atoms with Gasteiger partial charge in [-0.2, -0.15) is 0 Å². The number of hydrogen-bond donors (Lipinski definition) is 3. The normalized spacial score (nSPS) is 11.5. The van der Waals surface area contributed by atoms with Gasteiger partial charge < -0.3 is 5.32 Å². The Kier molecular flexibility index (Phi) is 7.99. The molecular weight excluding hydrogens is 552 g/mol. The number of anilines is 3. The number of rotatable bonds is 10. The van der Waals surface area contributed by atoms with Gasteiger partial charge in [0.05, 0.1) is 34.7 Å². The molecule has 210 valence electrons. The molecule has 3 aromatic carbocycles. The van der Waals surface area contributed by atoms with Crippen molar-refractivity contribution < 1.29 is 22.0 Å². The predicted molar refractivity (Wildman–Crippen MR) is 151 cm³/mol. The summed E-state index contributed by atoms with van der Waals surface area (Å²) in [6.45, 7) is 0.534. The Labute approximate surface area is 234 Å². The first-order chi connectivity index (χ1) is 19.7. The molecule has 10 nitrogen and oxygen atoms in total. The topological polar surface area (TPSA) is 131 Å². The third kappa shape index (κ3) is 6.88. The summed E-state index contributed by atoms with van der Waals surface area (Å²) < 4.78 is 52.8. The lowest BCUT2D eigenvalue weighted by Gasteiger charge is -2.12. The first-order valence-corrected chi connectivity index (χ1v) is 14.5. The second-order valence-corrected chi connectivity index (χ2v) is 11.4. The van der Waals surface area contributed by atoms with E-state index >= 15 is 0 Å². The number of benzene rings is 3. The number of para-hydroxylation sites is 2. The molecule has 0 aliphatic carbocycles. The molecule has 0 bridgehead atoms. The van der Waals surface area contributed by atoms with Gasteiger partial charge in [-0.25, -0.2) is 32.2 Å². The van der Waals surface area contributed by atoms with E-state index < -0.39 is 32.9 Å². The number of carbonyl (C=O) groups is 1. The molecule has 3 N–H and O–H groups in total. The monoisotopic (exact) mass is 577 g/mol. The highest BCUT2D eigenvalue weighted by Gasteiger charge is 2.19. The Morgan fingerprint density at radius 1 is 0.976 bits per heavy atom. The number of nitrogens with zero attached hydrogens (tertiary/aromatic N) is 4. The van der Waals surface area contributed by atoms with E-state index in [1.54, 1.807) is 53.2 Å². The fourth-order valence-electron chi connectivity index (χ4n) is 4.20. The van der Waals surface area contributed by atoms with Crippen molar-refractivity contribution in [2.24, 2.45) is 0 Å². The van der Waals surface area contributed by atoms with Crippen LogP contribution in [0.5, 0.6) is 0 Å². The average Bonchev–Trinajstić information content (AvgIpc) is 3.26. The minimum atomic E-state index is -3.17. The smallest absolute Gasteiger partial charge is 0.261 e. The standard InChI is InChI=1S/C28H25F2N7O3S/c1-41(39,40)16-18-6-4-7-19(14-18)33-27-32-13-12-20(34-27)15-31-17-37-24-11-3-2-10-23(24)35-28(37)36-26(38)21-8-5-9-22(29)25(21)30/h2-14,31H,15-17H2,1H3,(H,32,33,34)(H,35,36,38). The summed E-state index contributed by atoms with van der Waals surface area (Å²) >= 11 is 0. The summed E-state index contributed by atoms with van der Waals surface area (Å²) in [4.78, 5) is 25.9. The predicted octanol–water partition coefficient (Wildman–Crippen LogP) is 4.39. The van der Waals surface area contributed by atoms with Crippen LogP contribution in [0.15, 0.2) is 79.0 Å². The number of sulfone groups is 1. The maximum absolute atomic E-state index is 14.2. The number of nitrogens with one attached hydrogen (secondary N) is 3. The fraction of sp³-hybridized carbons (Fsp3) is 0.143. The molecule has 1 amide bonds. The molecule has 13 heteroatoms. The third-order valence-electron chi connectivity index (χ3n) is 5.98. The maximum Gasteiger partial charge on any atom is 0.261 e. The van der Waals surface area contributed by atoms with E-state index in [-0.39, 0.29) is 18.4 Å². The molecule has 2 aromatic heterocycles. The summed E-state index contributed by atoms with van der Waals surface area (Å²) in [5.41, 5.74) is 2.85. The summed E-state index contributed by atoms with van der Waals surface area (Å²) in [5, 5.41) is 8.92. The molecule has 0 unspecified atom stereocenters. The zero-order valence-corrected chi connectivity index (χ0v) is 22.6. The van der Waals surface area contributed by atoms with Crippen LogP contribution in [0, 0.1) is 11.6 Å². The van der Waals surface area contributed by atoms with Gasteiger partial charge in [0.15, 0.2) is 21.5 Å². The number of carbonyl (C=O) groups excluding carboxylic acids is 1. The lowest BCUT2D eigenvalue weighted by atomic mass is 10.2. The second kappa shape index (κ2) is 11.8. The molecule has 0 aliphatic rings. The van der Waals surface area contributed by atoms with Crippen LogP contribution >= 0.6 is 0 Å². The van der Waals surface area contributed by atoms with Crippen molar-refractivity contribution in [3.05, 3.63) is 107 Å². The average molecular weight is 578 g/mol. The number of aromatic nitrogens is 4. The number of hydrogen-bond acceptors (Lipinski definition) is 8. The second-order valence-electron chi connectivity index (χ2n) is 9.26. The Balaban J connectivity index is 1.29. The van der Waals surface area contributed by atoms with Gasteiger partial charge in [-0.3, -0.25) is 20.0 Å². The van der Waals surface area contributed by atoms with E-state index in [1.807, 2.05) is 12.1 Å². The minimum Gasteiger partial charge on any atom is -0.324 e. The van der Waals surface area contributed by atoms with Gasteiger partial charge in [0.2, 0.25) is 11.9 Å². The first-order valence-electron chi connectivity index (χ1n) is 12.4. The molecular formula is C28H25F2N7O3S. The van der Waals surface area contributed by atoms with E-state index in [2.05, 4.69) is 30.9 Å². The first kappa shape index (κ1) is 27.8. The molecule has 2 heterocycles. The van der Waals surface area contributed by atoms with Crippen LogP contribution < -0.4 is 16.0 Å². The Morgan fingerprint density at radius 2 is 1.78 bits per heavy atom. The van der Waals surface area contributed by atoms with Gasteiger partial charge in [0, 0.05) is 24.7 Å². The van der Waals surface area contributed by atoms with Crippen LogP contribution in [0.25, 0.3) is 11.0 Å². The number of imidazole rings is 1. The zero-order chi connectivity index (χ0) is 29.0. The highest BCUT2D eigenvalue weighted by Crippen LogP contribution is 2.21. The van der Waals surface area contributed by atoms with Crippen molar-refractivity contribution in [2.75, 3.05) is 16.9 Å². The van der Waals surface area contributed by atoms with E-state index in [1.165, 1.54) is 18.4 Å². The summed E-state index contributed by atoms with van der Waals surface area (Å²) in [5.74, 6) is -2.76. The summed E-state index contributed by atoms with van der Waals surface area (Å²) in [6.07, 6.45) is 2.78. The van der Waals surface area contributed by atoms with Crippen LogP contribution in [0.1, 0.15) is 21.6 Å². The molecule has 0 saturated heterocycles. The summed E-state index contributed by atoms with van der Waals surface area (Å²) in [7, 11) is -3.17. The van der Waals surface area contributed by atoms with Crippen LogP contribution in [0.3, 0.4) is 0 Å². The molecule has 0 radical (unpaired) electrons. The maximum atomic E-state index is 14.2. The third-order valence-corrected chi connectivity index (χ3v) is 6.84. The Hall–Kier alpha value is -4.75. The largest absolute Gasteiger partial charge is 0.324 e. The highest BCUT2D eigenvalue weighted by molar-refractivity contribution is 7.89. The molecule has 5 aromatic rings.